The minimum absolute atomic E-state index is 0.00572. The maximum Gasteiger partial charge on any atom is 0.338 e. The zero-order valence-corrected chi connectivity index (χ0v) is 36.4. The Bertz CT molecular complexity index is 1880. The number of Topliss-reactive ketones (excluding diaryl/α,β-unsaturated/α-hetero) is 1. The molecule has 316 valence electrons. The minimum atomic E-state index is -1.92. The molecule has 4 aliphatic heterocycles. The number of ether oxygens (including phenoxy) is 6. The van der Waals surface area contributed by atoms with Crippen molar-refractivity contribution >= 4 is 52.5 Å². The van der Waals surface area contributed by atoms with Gasteiger partial charge in [0.05, 0.1) is 30.8 Å². The first-order valence-corrected chi connectivity index (χ1v) is 21.2. The summed E-state index contributed by atoms with van der Waals surface area (Å²) in [5, 5.41) is 12.8. The van der Waals surface area contributed by atoms with Gasteiger partial charge >= 0.3 is 11.9 Å². The summed E-state index contributed by atoms with van der Waals surface area (Å²) in [5.41, 5.74) is 1.39. The van der Waals surface area contributed by atoms with E-state index in [9.17, 15) is 19.5 Å². The molecule has 13 heteroatoms. The average Bonchev–Trinajstić information content (AvgIpc) is 3.47. The molecule has 4 heterocycles. The first kappa shape index (κ1) is 44.6. The van der Waals surface area contributed by atoms with Crippen LogP contribution in [0.25, 0.3) is 0 Å². The van der Waals surface area contributed by atoms with Crippen LogP contribution in [0.1, 0.15) is 90.9 Å². The normalized spacial score (nSPS) is 37.2. The van der Waals surface area contributed by atoms with Gasteiger partial charge in [0.2, 0.25) is 3.79 Å². The highest BCUT2D eigenvalue weighted by Crippen LogP contribution is 2.48. The highest BCUT2D eigenvalue weighted by molar-refractivity contribution is 6.67. The standard InChI is InChI=1S/C45H55Cl3O10/c1-25(2)17-28(5)38-30(7)37(49)22-43(58-38)21-35-20-34(57-43)14-11-27(4)18-26(3)9-8-10-32-23-53-40-39(29(6)19-36(42(51)55-35)45(32,40)52)56-41(50)31-12-15-33(16-13-31)54-24-44(46,47)48/h8-13,15-17,19,25-26,30,34-36,38-40,52H,14,18,20-24H2,1-7H3/b9-8+,27-11+,28-17+,32-10+/t26-,30-,34+,35-,36-,38+,39+,40+,43-,45+/m0/s1. The molecule has 5 aliphatic rings. The maximum absolute atomic E-state index is 14.6. The van der Waals surface area contributed by atoms with E-state index in [0.717, 1.165) is 12.0 Å². The third-order valence-corrected chi connectivity index (χ3v) is 11.9. The van der Waals surface area contributed by atoms with Gasteiger partial charge in [-0.3, -0.25) is 9.59 Å². The molecule has 3 saturated heterocycles. The zero-order valence-electron chi connectivity index (χ0n) is 34.2. The van der Waals surface area contributed by atoms with Crippen LogP contribution < -0.4 is 4.74 Å². The molecule has 10 nitrogen and oxygen atoms in total. The summed E-state index contributed by atoms with van der Waals surface area (Å²) in [7, 11) is 0. The molecule has 0 unspecified atom stereocenters. The van der Waals surface area contributed by atoms with Crippen LogP contribution in [0.3, 0.4) is 0 Å². The summed E-state index contributed by atoms with van der Waals surface area (Å²) in [6.07, 6.45) is 9.69. The van der Waals surface area contributed by atoms with E-state index >= 15 is 0 Å². The van der Waals surface area contributed by atoms with Crippen LogP contribution in [-0.2, 0) is 33.3 Å². The van der Waals surface area contributed by atoms with Crippen LogP contribution in [0.15, 0.2) is 83.0 Å². The van der Waals surface area contributed by atoms with Gasteiger partial charge in [0, 0.05) is 18.8 Å². The lowest BCUT2D eigenvalue weighted by Gasteiger charge is -2.49. The first-order valence-electron chi connectivity index (χ1n) is 20.1. The Labute approximate surface area is 356 Å². The van der Waals surface area contributed by atoms with Gasteiger partial charge < -0.3 is 33.5 Å². The van der Waals surface area contributed by atoms with E-state index in [0.29, 0.717) is 29.7 Å². The summed E-state index contributed by atoms with van der Waals surface area (Å²) in [5.74, 6) is -3.39. The Kier molecular flexibility index (Phi) is 13.8. The number of fused-ring (bicyclic) bond motifs is 2. The summed E-state index contributed by atoms with van der Waals surface area (Å²) in [6.45, 7) is 13.8. The van der Waals surface area contributed by atoms with Crippen molar-refractivity contribution < 1.29 is 47.9 Å². The number of allylic oxidation sites excluding steroid dienone is 5. The number of aliphatic hydroxyl groups is 1. The lowest BCUT2D eigenvalue weighted by atomic mass is 9.70. The molecular weight excluding hydrogens is 807 g/mol. The Balaban J connectivity index is 1.32. The second-order valence-corrected chi connectivity index (χ2v) is 19.5. The first-order chi connectivity index (χ1) is 27.3. The lowest BCUT2D eigenvalue weighted by Crippen LogP contribution is -2.59. The van der Waals surface area contributed by atoms with Gasteiger partial charge in [0.15, 0.2) is 11.9 Å². The van der Waals surface area contributed by atoms with Gasteiger partial charge in [0.1, 0.15) is 41.9 Å². The molecule has 0 aromatic heterocycles. The number of hydrogen-bond donors (Lipinski definition) is 1. The number of benzene rings is 1. The number of rotatable bonds is 6. The Morgan fingerprint density at radius 3 is 2.50 bits per heavy atom. The largest absolute Gasteiger partial charge is 0.489 e. The fraction of sp³-hybridized carbons (Fsp3) is 0.578. The van der Waals surface area contributed by atoms with Crippen LogP contribution in [0.2, 0.25) is 0 Å². The quantitative estimate of drug-likeness (QED) is 0.168. The molecular formula is C45H55Cl3O10. The van der Waals surface area contributed by atoms with Crippen LogP contribution in [0, 0.1) is 23.7 Å². The topological polar surface area (TPSA) is 127 Å². The van der Waals surface area contributed by atoms with Crippen molar-refractivity contribution in [3.8, 4) is 5.75 Å². The minimum Gasteiger partial charge on any atom is -0.489 e. The Morgan fingerprint density at radius 1 is 1.09 bits per heavy atom. The van der Waals surface area contributed by atoms with Crippen molar-refractivity contribution in [1.29, 1.82) is 0 Å². The van der Waals surface area contributed by atoms with Gasteiger partial charge in [-0.2, -0.15) is 0 Å². The van der Waals surface area contributed by atoms with Crippen molar-refractivity contribution in [1.82, 2.24) is 0 Å². The van der Waals surface area contributed by atoms with Crippen LogP contribution >= 0.6 is 34.8 Å². The highest BCUT2D eigenvalue weighted by Gasteiger charge is 2.61. The molecule has 3 fully saturated rings. The smallest absolute Gasteiger partial charge is 0.338 e. The summed E-state index contributed by atoms with van der Waals surface area (Å²) < 4.78 is 36.0. The fourth-order valence-electron chi connectivity index (χ4n) is 8.86. The van der Waals surface area contributed by atoms with E-state index in [1.165, 1.54) is 17.7 Å². The van der Waals surface area contributed by atoms with Crippen LogP contribution in [-0.4, -0.2) is 81.7 Å². The number of esters is 2. The van der Waals surface area contributed by atoms with E-state index < -0.39 is 63.6 Å². The molecule has 0 amide bonds. The Hall–Kier alpha value is -2.96. The van der Waals surface area contributed by atoms with E-state index in [1.54, 1.807) is 31.2 Å². The SMILES string of the molecule is CC1=C[C@H]2C(=O)O[C@H]3C[C@@H](C/C=C(\C)C[C@@H](C)/C=C/C=C4\CO[C@H]([C@@H]1OC(=O)c1ccc(OCC(Cl)(Cl)Cl)cc1)[C@@]42O)O[C@@]1(CC(=O)[C@H](C)[C@@H](/C(C)=C/C(C)C)O1)C3. The zero-order chi connectivity index (χ0) is 42.2. The number of ketones is 1. The third-order valence-electron chi connectivity index (χ3n) is 11.6. The molecule has 0 saturated carbocycles. The van der Waals surface area contributed by atoms with Crippen molar-refractivity contribution in [3.63, 3.8) is 0 Å². The van der Waals surface area contributed by atoms with Crippen molar-refractivity contribution in [3.05, 3.63) is 88.6 Å². The van der Waals surface area contributed by atoms with Gasteiger partial charge in [0.25, 0.3) is 0 Å². The maximum atomic E-state index is 14.6. The van der Waals surface area contributed by atoms with Gasteiger partial charge in [-0.25, -0.2) is 4.79 Å². The van der Waals surface area contributed by atoms with E-state index in [4.69, 9.17) is 63.2 Å². The van der Waals surface area contributed by atoms with Crippen LogP contribution in [0.5, 0.6) is 5.75 Å². The molecule has 1 spiro atoms. The van der Waals surface area contributed by atoms with Gasteiger partial charge in [-0.15, -0.1) is 0 Å². The molecule has 2 bridgehead atoms. The van der Waals surface area contributed by atoms with Crippen molar-refractivity contribution in [2.75, 3.05) is 13.2 Å². The Morgan fingerprint density at radius 2 is 1.81 bits per heavy atom. The molecule has 10 atom stereocenters. The lowest BCUT2D eigenvalue weighted by molar-refractivity contribution is -0.319. The second kappa shape index (κ2) is 17.9. The molecule has 1 N–H and O–H groups in total. The average molecular weight is 862 g/mol. The molecule has 1 aliphatic carbocycles. The molecule has 1 aromatic carbocycles. The fourth-order valence-corrected chi connectivity index (χ4v) is 9.02. The van der Waals surface area contributed by atoms with E-state index in [-0.39, 0.29) is 55.2 Å². The predicted octanol–water partition coefficient (Wildman–Crippen LogP) is 8.91. The summed E-state index contributed by atoms with van der Waals surface area (Å²) in [4.78, 5) is 41.8. The summed E-state index contributed by atoms with van der Waals surface area (Å²) >= 11 is 17.4. The number of carbonyl (C=O) groups excluding carboxylic acids is 3. The predicted molar refractivity (Wildman–Crippen MR) is 222 cm³/mol. The number of hydrogen-bond acceptors (Lipinski definition) is 10. The molecule has 58 heavy (non-hydrogen) atoms. The summed E-state index contributed by atoms with van der Waals surface area (Å²) in [6, 6.07) is 6.15. The van der Waals surface area contributed by atoms with Crippen LogP contribution in [0.4, 0.5) is 0 Å². The third kappa shape index (κ3) is 10.1. The molecule has 6 rings (SSSR count). The van der Waals surface area contributed by atoms with Gasteiger partial charge in [-0.1, -0.05) is 105 Å². The van der Waals surface area contributed by atoms with E-state index in [2.05, 4.69) is 39.8 Å². The highest BCUT2D eigenvalue weighted by atomic mass is 35.6. The molecule has 1 aromatic rings. The van der Waals surface area contributed by atoms with Crippen molar-refractivity contribution in [2.24, 2.45) is 23.7 Å². The van der Waals surface area contributed by atoms with E-state index in [1.807, 2.05) is 26.0 Å². The number of halogens is 3. The number of alkyl halides is 3. The molecule has 0 radical (unpaired) electrons. The van der Waals surface area contributed by atoms with Crippen molar-refractivity contribution in [2.45, 2.75) is 126 Å². The second-order valence-electron chi connectivity index (χ2n) is 17.0. The van der Waals surface area contributed by atoms with Gasteiger partial charge in [-0.05, 0) is 86.4 Å². The monoisotopic (exact) mass is 860 g/mol. The number of carbonyl (C=O) groups is 3.